The molecule has 0 aliphatic carbocycles. The molecule has 0 aromatic heterocycles. The molecule has 1 fully saturated rings. The average Bonchev–Trinajstić information content (AvgIpc) is 2.28. The third-order valence-corrected chi connectivity index (χ3v) is 3.28. The minimum atomic E-state index is -0.383. The topological polar surface area (TPSA) is 43.8 Å². The first-order valence-electron chi connectivity index (χ1n) is 6.70. The van der Waals surface area contributed by atoms with Crippen molar-refractivity contribution in [1.29, 1.82) is 0 Å². The lowest BCUT2D eigenvalue weighted by atomic mass is 10.1. The van der Waals surface area contributed by atoms with E-state index in [0.29, 0.717) is 19.1 Å². The van der Waals surface area contributed by atoms with E-state index >= 15 is 0 Å². The van der Waals surface area contributed by atoms with Crippen LogP contribution in [0.15, 0.2) is 0 Å². The smallest absolute Gasteiger partial charge is 0.236 e. The Kier molecular flexibility index (Phi) is 5.92. The Labute approximate surface area is 105 Å². The van der Waals surface area contributed by atoms with Crippen LogP contribution < -0.4 is 0 Å². The predicted octanol–water partition coefficient (Wildman–Crippen LogP) is 1.09. The molecule has 1 heterocycles. The molecular weight excluding hydrogens is 216 g/mol. The lowest BCUT2D eigenvalue weighted by Crippen LogP contribution is -2.46. The number of nitrogens with zero attached hydrogens (tertiary/aromatic N) is 2. The molecule has 1 saturated heterocycles. The molecule has 1 amide bonds. The molecule has 4 nitrogen and oxygen atoms in total. The van der Waals surface area contributed by atoms with Gasteiger partial charge in [-0.15, -0.1) is 0 Å². The second-order valence-corrected chi connectivity index (χ2v) is 5.31. The second kappa shape index (κ2) is 6.97. The molecule has 0 saturated carbocycles. The molecule has 0 aromatic carbocycles. The number of aliphatic hydroxyl groups excluding tert-OH is 1. The summed E-state index contributed by atoms with van der Waals surface area (Å²) in [5.41, 5.74) is 0. The molecule has 0 aromatic rings. The van der Waals surface area contributed by atoms with Crippen molar-refractivity contribution in [2.45, 2.75) is 52.2 Å². The van der Waals surface area contributed by atoms with Crippen molar-refractivity contribution >= 4 is 5.91 Å². The maximum Gasteiger partial charge on any atom is 0.236 e. The fourth-order valence-corrected chi connectivity index (χ4v) is 2.21. The molecule has 4 heteroatoms. The van der Waals surface area contributed by atoms with Crippen LogP contribution in [0.4, 0.5) is 0 Å². The average molecular weight is 242 g/mol. The van der Waals surface area contributed by atoms with Gasteiger partial charge >= 0.3 is 0 Å². The Morgan fingerprint density at radius 3 is 2.29 bits per heavy atom. The molecule has 1 aliphatic heterocycles. The fourth-order valence-electron chi connectivity index (χ4n) is 2.21. The van der Waals surface area contributed by atoms with E-state index in [1.807, 2.05) is 9.80 Å². The Morgan fingerprint density at radius 2 is 1.82 bits per heavy atom. The highest BCUT2D eigenvalue weighted by atomic mass is 16.3. The molecule has 1 unspecified atom stereocenters. The number of likely N-dealkylation sites (tertiary alicyclic amines) is 1. The van der Waals surface area contributed by atoms with Gasteiger partial charge in [-0.2, -0.15) is 0 Å². The second-order valence-electron chi connectivity index (χ2n) is 5.31. The van der Waals surface area contributed by atoms with Crippen LogP contribution in [0.1, 0.15) is 40.0 Å². The standard InChI is InChI=1S/C13H26N2O2/c1-11(2)15(9-12(3)16)10-13(17)14-7-5-4-6-8-14/h11-12,16H,4-10H2,1-3H3. The zero-order chi connectivity index (χ0) is 12.8. The van der Waals surface area contributed by atoms with E-state index < -0.39 is 0 Å². The first-order valence-corrected chi connectivity index (χ1v) is 6.70. The van der Waals surface area contributed by atoms with Gasteiger partial charge in [0.2, 0.25) is 5.91 Å². The van der Waals surface area contributed by atoms with Crippen molar-refractivity contribution in [1.82, 2.24) is 9.80 Å². The minimum Gasteiger partial charge on any atom is -0.392 e. The predicted molar refractivity (Wildman–Crippen MR) is 68.8 cm³/mol. The van der Waals surface area contributed by atoms with Crippen LogP contribution in [0, 0.1) is 0 Å². The number of aliphatic hydroxyl groups is 1. The molecular formula is C13H26N2O2. The normalized spacial score (nSPS) is 18.8. The van der Waals surface area contributed by atoms with Gasteiger partial charge in [0.1, 0.15) is 0 Å². The monoisotopic (exact) mass is 242 g/mol. The van der Waals surface area contributed by atoms with Gasteiger partial charge in [0, 0.05) is 25.7 Å². The third-order valence-electron chi connectivity index (χ3n) is 3.28. The molecule has 1 atom stereocenters. The van der Waals surface area contributed by atoms with Gasteiger partial charge in [0.25, 0.3) is 0 Å². The van der Waals surface area contributed by atoms with Gasteiger partial charge in [-0.25, -0.2) is 0 Å². The zero-order valence-electron chi connectivity index (χ0n) is 11.4. The molecule has 1 rings (SSSR count). The summed E-state index contributed by atoms with van der Waals surface area (Å²) >= 11 is 0. The van der Waals surface area contributed by atoms with Gasteiger partial charge in [-0.05, 0) is 40.0 Å². The quantitative estimate of drug-likeness (QED) is 0.785. The lowest BCUT2D eigenvalue weighted by molar-refractivity contribution is -0.134. The number of piperidine rings is 1. The SMILES string of the molecule is CC(O)CN(CC(=O)N1CCCCC1)C(C)C. The fraction of sp³-hybridized carbons (Fsp3) is 0.923. The zero-order valence-corrected chi connectivity index (χ0v) is 11.4. The summed E-state index contributed by atoms with van der Waals surface area (Å²) in [5.74, 6) is 0.207. The Balaban J connectivity index is 2.44. The van der Waals surface area contributed by atoms with Crippen LogP contribution in [0.2, 0.25) is 0 Å². The first kappa shape index (κ1) is 14.5. The summed E-state index contributed by atoms with van der Waals surface area (Å²) in [6.07, 6.45) is 3.12. The van der Waals surface area contributed by atoms with Crippen LogP contribution in [-0.4, -0.2) is 59.1 Å². The molecule has 0 bridgehead atoms. The van der Waals surface area contributed by atoms with Crippen LogP contribution in [0.5, 0.6) is 0 Å². The lowest BCUT2D eigenvalue weighted by Gasteiger charge is -2.32. The number of hydrogen-bond donors (Lipinski definition) is 1. The van der Waals surface area contributed by atoms with E-state index in [1.54, 1.807) is 6.92 Å². The van der Waals surface area contributed by atoms with E-state index in [4.69, 9.17) is 0 Å². The van der Waals surface area contributed by atoms with Crippen LogP contribution in [-0.2, 0) is 4.79 Å². The largest absolute Gasteiger partial charge is 0.392 e. The molecule has 0 spiro atoms. The summed E-state index contributed by atoms with van der Waals surface area (Å²) in [5, 5.41) is 9.43. The van der Waals surface area contributed by atoms with E-state index in [9.17, 15) is 9.90 Å². The highest BCUT2D eigenvalue weighted by Gasteiger charge is 2.21. The molecule has 1 aliphatic rings. The third kappa shape index (κ3) is 5.04. The number of carbonyl (C=O) groups excluding carboxylic acids is 1. The van der Waals surface area contributed by atoms with E-state index in [-0.39, 0.29) is 12.0 Å². The summed E-state index contributed by atoms with van der Waals surface area (Å²) in [6.45, 7) is 8.69. The Morgan fingerprint density at radius 1 is 1.24 bits per heavy atom. The highest BCUT2D eigenvalue weighted by molar-refractivity contribution is 5.78. The maximum atomic E-state index is 12.1. The van der Waals surface area contributed by atoms with Crippen molar-refractivity contribution in [3.63, 3.8) is 0 Å². The van der Waals surface area contributed by atoms with Crippen LogP contribution in [0.3, 0.4) is 0 Å². The van der Waals surface area contributed by atoms with Gasteiger partial charge in [0.15, 0.2) is 0 Å². The maximum absolute atomic E-state index is 12.1. The van der Waals surface area contributed by atoms with E-state index in [2.05, 4.69) is 13.8 Å². The number of carbonyl (C=O) groups is 1. The first-order chi connectivity index (χ1) is 8.00. The summed E-state index contributed by atoms with van der Waals surface area (Å²) < 4.78 is 0. The van der Waals surface area contributed by atoms with Crippen molar-refractivity contribution in [3.05, 3.63) is 0 Å². The highest BCUT2D eigenvalue weighted by Crippen LogP contribution is 2.10. The number of rotatable bonds is 5. The summed E-state index contributed by atoms with van der Waals surface area (Å²) in [4.78, 5) is 16.1. The van der Waals surface area contributed by atoms with Crippen molar-refractivity contribution in [2.24, 2.45) is 0 Å². The summed E-state index contributed by atoms with van der Waals surface area (Å²) in [6, 6.07) is 0.290. The molecule has 17 heavy (non-hydrogen) atoms. The van der Waals surface area contributed by atoms with E-state index in [1.165, 1.54) is 6.42 Å². The summed E-state index contributed by atoms with van der Waals surface area (Å²) in [7, 11) is 0. The molecule has 100 valence electrons. The molecule has 1 N–H and O–H groups in total. The van der Waals surface area contributed by atoms with Crippen LogP contribution >= 0.6 is 0 Å². The number of amides is 1. The number of hydrogen-bond acceptors (Lipinski definition) is 3. The van der Waals surface area contributed by atoms with Crippen molar-refractivity contribution in [2.75, 3.05) is 26.2 Å². The van der Waals surface area contributed by atoms with Gasteiger partial charge in [-0.1, -0.05) is 0 Å². The van der Waals surface area contributed by atoms with Gasteiger partial charge < -0.3 is 10.0 Å². The van der Waals surface area contributed by atoms with E-state index in [0.717, 1.165) is 25.9 Å². The van der Waals surface area contributed by atoms with Crippen LogP contribution in [0.25, 0.3) is 0 Å². The van der Waals surface area contributed by atoms with Gasteiger partial charge in [0.05, 0.1) is 12.6 Å². The van der Waals surface area contributed by atoms with Crippen molar-refractivity contribution in [3.8, 4) is 0 Å². The van der Waals surface area contributed by atoms with Gasteiger partial charge in [-0.3, -0.25) is 9.69 Å². The molecule has 0 radical (unpaired) electrons. The van der Waals surface area contributed by atoms with Crippen molar-refractivity contribution < 1.29 is 9.90 Å². The Hall–Kier alpha value is -0.610. The Bertz CT molecular complexity index is 236. The minimum absolute atomic E-state index is 0.207.